The number of nitrogens with zero attached hydrogens (tertiary/aromatic N) is 3. The number of alkyl halides is 3. The van der Waals surface area contributed by atoms with Crippen LogP contribution in [0.2, 0.25) is 5.02 Å². The Kier molecular flexibility index (Phi) is 4.55. The van der Waals surface area contributed by atoms with Crippen molar-refractivity contribution < 1.29 is 22.7 Å². The van der Waals surface area contributed by atoms with Gasteiger partial charge in [-0.25, -0.2) is 4.98 Å². The highest BCUT2D eigenvalue weighted by Gasteiger charge is 2.32. The average Bonchev–Trinajstić information content (AvgIpc) is 2.89. The second-order valence-corrected chi connectivity index (χ2v) is 6.01. The first-order valence-corrected chi connectivity index (χ1v) is 7.73. The van der Waals surface area contributed by atoms with Crippen molar-refractivity contribution in [1.29, 1.82) is 0 Å². The molecule has 1 amide bonds. The molecule has 0 saturated carbocycles. The zero-order valence-corrected chi connectivity index (χ0v) is 13.8. The molecule has 132 valence electrons. The predicted octanol–water partition coefficient (Wildman–Crippen LogP) is 3.79. The summed E-state index contributed by atoms with van der Waals surface area (Å²) in [4.78, 5) is 21.9. The molecule has 1 aliphatic rings. The number of fused-ring (bicyclic) bond motifs is 1. The fourth-order valence-electron chi connectivity index (χ4n) is 2.59. The molecule has 3 rings (SSSR count). The van der Waals surface area contributed by atoms with E-state index in [9.17, 15) is 18.0 Å². The van der Waals surface area contributed by atoms with E-state index in [1.54, 1.807) is 30.3 Å². The van der Waals surface area contributed by atoms with Crippen LogP contribution in [-0.2, 0) is 6.54 Å². The standard InChI is InChI=1S/C16H13ClF3N3O2/c1-9(23-7-11-5-21-3-2-12(11)15(23)24)10-4-13(17)14(22-6-10)25-8-16(18,19)20/h2-6,9H,7-8H2,1H3. The molecular formula is C16H13ClF3N3O2. The van der Waals surface area contributed by atoms with Gasteiger partial charge in [0.2, 0.25) is 5.88 Å². The summed E-state index contributed by atoms with van der Waals surface area (Å²) >= 11 is 5.97. The second kappa shape index (κ2) is 6.51. The minimum absolute atomic E-state index is 0.0422. The van der Waals surface area contributed by atoms with Crippen molar-refractivity contribution in [1.82, 2.24) is 14.9 Å². The normalized spacial score (nSPS) is 15.2. The van der Waals surface area contributed by atoms with Crippen molar-refractivity contribution in [3.8, 4) is 5.88 Å². The maximum absolute atomic E-state index is 12.5. The lowest BCUT2D eigenvalue weighted by atomic mass is 10.1. The molecule has 1 atom stereocenters. The van der Waals surface area contributed by atoms with Crippen molar-refractivity contribution in [3.63, 3.8) is 0 Å². The highest BCUT2D eigenvalue weighted by Crippen LogP contribution is 2.33. The zero-order chi connectivity index (χ0) is 18.2. The summed E-state index contributed by atoms with van der Waals surface area (Å²) in [6, 6.07) is 2.75. The van der Waals surface area contributed by atoms with E-state index < -0.39 is 12.8 Å². The Morgan fingerprint density at radius 1 is 1.40 bits per heavy atom. The summed E-state index contributed by atoms with van der Waals surface area (Å²) in [6.07, 6.45) is 0.0743. The van der Waals surface area contributed by atoms with Gasteiger partial charge < -0.3 is 9.64 Å². The lowest BCUT2D eigenvalue weighted by Crippen LogP contribution is -2.27. The molecular weight excluding hydrogens is 359 g/mol. The molecule has 1 aliphatic heterocycles. The largest absolute Gasteiger partial charge is 0.467 e. The van der Waals surface area contributed by atoms with Crippen LogP contribution < -0.4 is 4.74 Å². The van der Waals surface area contributed by atoms with Crippen LogP contribution in [0.1, 0.15) is 34.5 Å². The Hall–Kier alpha value is -2.35. The number of hydrogen-bond acceptors (Lipinski definition) is 4. The van der Waals surface area contributed by atoms with Crippen LogP contribution in [0.5, 0.6) is 5.88 Å². The number of pyridine rings is 2. The number of aromatic nitrogens is 2. The summed E-state index contributed by atoms with van der Waals surface area (Å²) in [5.41, 5.74) is 2.01. The summed E-state index contributed by atoms with van der Waals surface area (Å²) in [5, 5.41) is -0.0422. The Balaban J connectivity index is 1.76. The van der Waals surface area contributed by atoms with Gasteiger partial charge in [-0.15, -0.1) is 0 Å². The fourth-order valence-corrected chi connectivity index (χ4v) is 2.82. The van der Waals surface area contributed by atoms with Crippen molar-refractivity contribution in [2.75, 3.05) is 6.61 Å². The number of carbonyl (C=O) groups is 1. The predicted molar refractivity (Wildman–Crippen MR) is 83.3 cm³/mol. The molecule has 9 heteroatoms. The van der Waals surface area contributed by atoms with E-state index >= 15 is 0 Å². The molecule has 2 aromatic rings. The van der Waals surface area contributed by atoms with Gasteiger partial charge >= 0.3 is 6.18 Å². The van der Waals surface area contributed by atoms with Crippen LogP contribution in [0.3, 0.4) is 0 Å². The topological polar surface area (TPSA) is 55.3 Å². The molecule has 2 aromatic heterocycles. The fraction of sp³-hybridized carbons (Fsp3) is 0.312. The van der Waals surface area contributed by atoms with Gasteiger partial charge in [0.05, 0.1) is 6.04 Å². The van der Waals surface area contributed by atoms with E-state index in [4.69, 9.17) is 11.6 Å². The molecule has 1 unspecified atom stereocenters. The van der Waals surface area contributed by atoms with Gasteiger partial charge in [-0.1, -0.05) is 11.6 Å². The Labute approximate surface area is 146 Å². The van der Waals surface area contributed by atoms with E-state index in [2.05, 4.69) is 14.7 Å². The number of amides is 1. The third kappa shape index (κ3) is 3.68. The molecule has 0 aliphatic carbocycles. The van der Waals surface area contributed by atoms with E-state index in [1.807, 2.05) is 0 Å². The number of halogens is 4. The van der Waals surface area contributed by atoms with E-state index in [0.717, 1.165) is 5.56 Å². The summed E-state index contributed by atoms with van der Waals surface area (Å²) in [6.45, 7) is 0.718. The smallest absolute Gasteiger partial charge is 0.422 e. The van der Waals surface area contributed by atoms with Crippen molar-refractivity contribution in [2.45, 2.75) is 25.7 Å². The van der Waals surface area contributed by atoms with Gasteiger partial charge in [0, 0.05) is 36.3 Å². The first-order valence-electron chi connectivity index (χ1n) is 7.35. The van der Waals surface area contributed by atoms with E-state index in [-0.39, 0.29) is 22.9 Å². The Bertz CT molecular complexity index is 813. The molecule has 0 fully saturated rings. The highest BCUT2D eigenvalue weighted by molar-refractivity contribution is 6.31. The lowest BCUT2D eigenvalue weighted by molar-refractivity contribution is -0.154. The van der Waals surface area contributed by atoms with Crippen molar-refractivity contribution >= 4 is 17.5 Å². The van der Waals surface area contributed by atoms with Crippen LogP contribution in [0.4, 0.5) is 13.2 Å². The number of hydrogen-bond donors (Lipinski definition) is 0. The Morgan fingerprint density at radius 3 is 2.80 bits per heavy atom. The van der Waals surface area contributed by atoms with Gasteiger partial charge in [-0.3, -0.25) is 9.78 Å². The van der Waals surface area contributed by atoms with Crippen LogP contribution in [0.25, 0.3) is 0 Å². The molecule has 3 heterocycles. The van der Waals surface area contributed by atoms with Gasteiger partial charge in [0.15, 0.2) is 6.61 Å². The minimum atomic E-state index is -4.47. The van der Waals surface area contributed by atoms with Gasteiger partial charge in [-0.05, 0) is 24.6 Å². The van der Waals surface area contributed by atoms with E-state index in [0.29, 0.717) is 17.7 Å². The third-order valence-corrected chi connectivity index (χ3v) is 4.16. The molecule has 0 bridgehead atoms. The molecule has 0 saturated heterocycles. The van der Waals surface area contributed by atoms with Crippen LogP contribution >= 0.6 is 11.6 Å². The Morgan fingerprint density at radius 2 is 2.16 bits per heavy atom. The SMILES string of the molecule is CC(c1cnc(OCC(F)(F)F)c(Cl)c1)N1Cc2cnccc2C1=O. The summed E-state index contributed by atoms with van der Waals surface area (Å²) in [5.74, 6) is -0.436. The molecule has 25 heavy (non-hydrogen) atoms. The van der Waals surface area contributed by atoms with E-state index in [1.165, 1.54) is 12.3 Å². The van der Waals surface area contributed by atoms with Crippen LogP contribution in [-0.4, -0.2) is 33.6 Å². The number of ether oxygens (including phenoxy) is 1. The number of rotatable bonds is 4. The molecule has 0 radical (unpaired) electrons. The van der Waals surface area contributed by atoms with Gasteiger partial charge in [-0.2, -0.15) is 13.2 Å². The molecule has 0 aromatic carbocycles. The second-order valence-electron chi connectivity index (χ2n) is 5.60. The summed E-state index contributed by atoms with van der Waals surface area (Å²) in [7, 11) is 0. The van der Waals surface area contributed by atoms with Crippen molar-refractivity contribution in [2.24, 2.45) is 0 Å². The quantitative estimate of drug-likeness (QED) is 0.820. The zero-order valence-electron chi connectivity index (χ0n) is 13.0. The maximum Gasteiger partial charge on any atom is 0.422 e. The number of carbonyl (C=O) groups excluding carboxylic acids is 1. The van der Waals surface area contributed by atoms with Gasteiger partial charge in [0.1, 0.15) is 5.02 Å². The highest BCUT2D eigenvalue weighted by atomic mass is 35.5. The first kappa shape index (κ1) is 17.5. The van der Waals surface area contributed by atoms with Crippen LogP contribution in [0.15, 0.2) is 30.7 Å². The molecule has 5 nitrogen and oxygen atoms in total. The monoisotopic (exact) mass is 371 g/mol. The summed E-state index contributed by atoms with van der Waals surface area (Å²) < 4.78 is 41.2. The third-order valence-electron chi connectivity index (χ3n) is 3.89. The molecule has 0 N–H and O–H groups in total. The average molecular weight is 372 g/mol. The first-order chi connectivity index (χ1) is 11.8. The minimum Gasteiger partial charge on any atom is -0.467 e. The maximum atomic E-state index is 12.5. The van der Waals surface area contributed by atoms with Crippen molar-refractivity contribution in [3.05, 3.63) is 52.4 Å². The van der Waals surface area contributed by atoms with Crippen LogP contribution in [0, 0.1) is 0 Å². The van der Waals surface area contributed by atoms with Gasteiger partial charge in [0.25, 0.3) is 5.91 Å². The molecule has 0 spiro atoms. The lowest BCUT2D eigenvalue weighted by Gasteiger charge is -2.24.